The number of aryl methyl sites for hydroxylation is 1. The van der Waals surface area contributed by atoms with E-state index in [1.807, 2.05) is 0 Å². The van der Waals surface area contributed by atoms with Crippen LogP contribution in [0.15, 0.2) is 34.1 Å². The third kappa shape index (κ3) is 3.97. The summed E-state index contributed by atoms with van der Waals surface area (Å²) in [4.78, 5) is 29.2. The second-order valence-electron chi connectivity index (χ2n) is 7.71. The number of aromatic nitrogens is 2. The number of benzene rings is 1. The van der Waals surface area contributed by atoms with Crippen molar-refractivity contribution in [1.29, 1.82) is 0 Å². The van der Waals surface area contributed by atoms with Gasteiger partial charge < -0.3 is 20.8 Å². The highest BCUT2D eigenvalue weighted by atomic mass is 35.5. The van der Waals surface area contributed by atoms with Gasteiger partial charge in [-0.25, -0.2) is 8.42 Å². The summed E-state index contributed by atoms with van der Waals surface area (Å²) in [5.74, 6) is -0.879. The molecule has 0 amide bonds. The summed E-state index contributed by atoms with van der Waals surface area (Å²) in [5.41, 5.74) is 7.32. The van der Waals surface area contributed by atoms with Gasteiger partial charge in [-0.1, -0.05) is 0 Å². The van der Waals surface area contributed by atoms with Gasteiger partial charge in [0.2, 0.25) is 0 Å². The fourth-order valence-corrected chi connectivity index (χ4v) is 6.10. The maximum Gasteiger partial charge on any atom is 0.303 e. The Kier molecular flexibility index (Phi) is 6.26. The zero-order chi connectivity index (χ0) is 20.8. The molecule has 0 aliphatic heterocycles. The van der Waals surface area contributed by atoms with E-state index >= 15 is 0 Å². The van der Waals surface area contributed by atoms with Crippen LogP contribution in [0.3, 0.4) is 0 Å². The Morgan fingerprint density at radius 2 is 2.03 bits per heavy atom. The molecule has 162 valence electrons. The fraction of sp³-hybridized carbons (Fsp3) is 0.400. The van der Waals surface area contributed by atoms with Crippen LogP contribution in [0, 0.1) is 0 Å². The Morgan fingerprint density at radius 1 is 1.27 bits per heavy atom. The Labute approximate surface area is 179 Å². The molecule has 10 heteroatoms. The number of hydrogen-bond donors (Lipinski definition) is 4. The maximum atomic E-state index is 13.1. The van der Waals surface area contributed by atoms with E-state index in [4.69, 9.17) is 10.8 Å². The van der Waals surface area contributed by atoms with Crippen LogP contribution in [0.25, 0.3) is 21.8 Å². The van der Waals surface area contributed by atoms with Crippen molar-refractivity contribution in [3.05, 3.63) is 40.3 Å². The van der Waals surface area contributed by atoms with Crippen LogP contribution in [0.1, 0.15) is 37.7 Å². The summed E-state index contributed by atoms with van der Waals surface area (Å²) in [6.45, 7) is 0. The molecule has 1 aliphatic rings. The molecule has 1 unspecified atom stereocenters. The number of nitrogens with one attached hydrogen (secondary N) is 2. The lowest BCUT2D eigenvalue weighted by Crippen LogP contribution is -2.22. The fourth-order valence-electron chi connectivity index (χ4n) is 4.23. The van der Waals surface area contributed by atoms with E-state index in [-0.39, 0.29) is 35.3 Å². The van der Waals surface area contributed by atoms with Crippen LogP contribution in [-0.2, 0) is 21.1 Å². The number of fused-ring (bicyclic) bond motifs is 3. The van der Waals surface area contributed by atoms with Crippen LogP contribution in [0.5, 0.6) is 0 Å². The number of carboxylic acid groups (broad SMARTS) is 1. The molecule has 0 saturated heterocycles. The van der Waals surface area contributed by atoms with Gasteiger partial charge >= 0.3 is 5.97 Å². The number of aromatic amines is 2. The Hall–Kier alpha value is -2.36. The van der Waals surface area contributed by atoms with Crippen molar-refractivity contribution in [2.75, 3.05) is 0 Å². The molecule has 1 saturated carbocycles. The number of carboxylic acids is 1. The minimum absolute atomic E-state index is 0. The quantitative estimate of drug-likeness (QED) is 0.451. The van der Waals surface area contributed by atoms with Gasteiger partial charge in [0.1, 0.15) is 5.52 Å². The van der Waals surface area contributed by atoms with E-state index in [1.165, 1.54) is 6.07 Å². The number of hydrogen-bond acceptors (Lipinski definition) is 5. The van der Waals surface area contributed by atoms with E-state index in [0.717, 1.165) is 5.56 Å². The lowest BCUT2D eigenvalue weighted by molar-refractivity contribution is -0.137. The molecule has 5 N–H and O–H groups in total. The zero-order valence-corrected chi connectivity index (χ0v) is 17.8. The molecule has 2 atom stereocenters. The summed E-state index contributed by atoms with van der Waals surface area (Å²) in [6, 6.07) is 4.66. The molecular weight excluding hydrogens is 430 g/mol. The molecule has 0 bridgehead atoms. The van der Waals surface area contributed by atoms with E-state index < -0.39 is 21.1 Å². The number of carbonyl (C=O) groups is 1. The van der Waals surface area contributed by atoms with Gasteiger partial charge in [0.05, 0.1) is 10.1 Å². The standard InChI is InChI=1S/C20H23N3O5S.ClH/c21-12-4-5-13(8-12)29(27,28)14-6-7-16-15(9-14)18-11(2-1-3-17(24)25)10-22-19(18)20(26)23-16;/h6-7,9-10,12-13,22H,1-5,8,21H2,(H,23,26)(H,24,25);1H/t12?,13-;/m0./s1. The molecule has 0 spiro atoms. The number of halogens is 1. The molecule has 30 heavy (non-hydrogen) atoms. The molecule has 1 fully saturated rings. The highest BCUT2D eigenvalue weighted by Crippen LogP contribution is 2.32. The largest absolute Gasteiger partial charge is 0.481 e. The third-order valence-electron chi connectivity index (χ3n) is 5.73. The first-order chi connectivity index (χ1) is 13.8. The van der Waals surface area contributed by atoms with E-state index in [0.29, 0.717) is 53.9 Å². The smallest absolute Gasteiger partial charge is 0.303 e. The first kappa shape index (κ1) is 22.3. The Bertz CT molecular complexity index is 1260. The average Bonchev–Trinajstić information content (AvgIpc) is 3.29. The number of sulfone groups is 1. The second-order valence-corrected chi connectivity index (χ2v) is 9.94. The molecule has 4 rings (SSSR count). The lowest BCUT2D eigenvalue weighted by Gasteiger charge is -2.13. The second kappa shape index (κ2) is 8.41. The number of nitrogens with two attached hydrogens (primary N) is 1. The number of rotatable bonds is 6. The van der Waals surface area contributed by atoms with Crippen LogP contribution in [-0.4, -0.2) is 40.8 Å². The van der Waals surface area contributed by atoms with Crippen molar-refractivity contribution in [2.24, 2.45) is 5.73 Å². The monoisotopic (exact) mass is 453 g/mol. The van der Waals surface area contributed by atoms with Gasteiger partial charge in [-0.2, -0.15) is 0 Å². The molecule has 1 aromatic carbocycles. The summed E-state index contributed by atoms with van der Waals surface area (Å²) in [5, 5.41) is 9.67. The van der Waals surface area contributed by atoms with Crippen molar-refractivity contribution >= 4 is 50.0 Å². The van der Waals surface area contributed by atoms with E-state index in [2.05, 4.69) is 9.97 Å². The number of aliphatic carboxylic acids is 1. The van der Waals surface area contributed by atoms with Crippen LogP contribution in [0.2, 0.25) is 0 Å². The van der Waals surface area contributed by atoms with Crippen LogP contribution >= 0.6 is 12.4 Å². The van der Waals surface area contributed by atoms with Crippen molar-refractivity contribution < 1.29 is 18.3 Å². The zero-order valence-electron chi connectivity index (χ0n) is 16.2. The first-order valence-corrected chi connectivity index (χ1v) is 11.2. The average molecular weight is 454 g/mol. The molecule has 8 nitrogen and oxygen atoms in total. The highest BCUT2D eigenvalue weighted by molar-refractivity contribution is 7.92. The Balaban J connectivity index is 0.00000256. The summed E-state index contributed by atoms with van der Waals surface area (Å²) >= 11 is 0. The minimum atomic E-state index is -3.53. The first-order valence-electron chi connectivity index (χ1n) is 9.64. The SMILES string of the molecule is Cl.NC1CC[C@H](S(=O)(=O)c2ccc3[nH]c(=O)c4[nH]cc(CCCC(=O)O)c4c3c2)C1. The molecular formula is C20H24ClN3O5S. The van der Waals surface area contributed by atoms with Crippen molar-refractivity contribution in [1.82, 2.24) is 9.97 Å². The summed E-state index contributed by atoms with van der Waals surface area (Å²) in [6.07, 6.45) is 4.31. The predicted molar refractivity (Wildman–Crippen MR) is 117 cm³/mol. The van der Waals surface area contributed by atoms with Gasteiger partial charge in [0, 0.05) is 34.9 Å². The molecule has 1 aliphatic carbocycles. The number of H-pyrrole nitrogens is 2. The normalized spacial score (nSPS) is 19.2. The minimum Gasteiger partial charge on any atom is -0.481 e. The molecule has 2 heterocycles. The van der Waals surface area contributed by atoms with Gasteiger partial charge in [-0.15, -0.1) is 12.4 Å². The maximum absolute atomic E-state index is 13.1. The van der Waals surface area contributed by atoms with Crippen molar-refractivity contribution in [3.63, 3.8) is 0 Å². The Morgan fingerprint density at radius 3 is 2.70 bits per heavy atom. The molecule has 2 aromatic heterocycles. The van der Waals surface area contributed by atoms with Crippen LogP contribution < -0.4 is 11.3 Å². The van der Waals surface area contributed by atoms with E-state index in [1.54, 1.807) is 18.3 Å². The van der Waals surface area contributed by atoms with E-state index in [9.17, 15) is 18.0 Å². The highest BCUT2D eigenvalue weighted by Gasteiger charge is 2.34. The third-order valence-corrected chi connectivity index (χ3v) is 7.94. The van der Waals surface area contributed by atoms with Crippen LogP contribution in [0.4, 0.5) is 0 Å². The summed E-state index contributed by atoms with van der Waals surface area (Å²) in [7, 11) is -3.53. The van der Waals surface area contributed by atoms with Gasteiger partial charge in [0.15, 0.2) is 9.84 Å². The van der Waals surface area contributed by atoms with Gasteiger partial charge in [0.25, 0.3) is 5.56 Å². The lowest BCUT2D eigenvalue weighted by atomic mass is 10.0. The summed E-state index contributed by atoms with van der Waals surface area (Å²) < 4.78 is 26.2. The van der Waals surface area contributed by atoms with Gasteiger partial charge in [-0.3, -0.25) is 9.59 Å². The topological polar surface area (TPSA) is 146 Å². The predicted octanol–water partition coefficient (Wildman–Crippen LogP) is 2.49. The van der Waals surface area contributed by atoms with Crippen molar-refractivity contribution in [3.8, 4) is 0 Å². The number of pyridine rings is 1. The van der Waals surface area contributed by atoms with Gasteiger partial charge in [-0.05, 0) is 55.9 Å². The molecule has 0 radical (unpaired) electrons. The molecule has 3 aromatic rings. The van der Waals surface area contributed by atoms with Crippen molar-refractivity contribution in [2.45, 2.75) is 54.7 Å².